The molecule has 0 radical (unpaired) electrons. The molecule has 21 heavy (non-hydrogen) atoms. The van der Waals surface area contributed by atoms with Gasteiger partial charge in [0.05, 0.1) is 5.56 Å². The molecule has 0 saturated carbocycles. The SMILES string of the molecule is CC(=O)c1ccc(Oc2c(F)c(F)nc(F)c2F)cc1F. The van der Waals surface area contributed by atoms with Crippen LogP contribution in [0.5, 0.6) is 11.5 Å². The highest BCUT2D eigenvalue weighted by Crippen LogP contribution is 2.30. The summed E-state index contributed by atoms with van der Waals surface area (Å²) in [5, 5.41) is 0. The minimum atomic E-state index is -1.90. The third kappa shape index (κ3) is 2.83. The van der Waals surface area contributed by atoms with Crippen molar-refractivity contribution in [3.63, 3.8) is 0 Å². The number of carbonyl (C=O) groups excluding carboxylic acids is 1. The molecule has 0 bridgehead atoms. The first-order valence-corrected chi connectivity index (χ1v) is 5.49. The van der Waals surface area contributed by atoms with Crippen molar-refractivity contribution in [2.75, 3.05) is 0 Å². The molecule has 1 aromatic carbocycles. The molecule has 0 fully saturated rings. The molecule has 0 amide bonds. The molecule has 1 aromatic heterocycles. The lowest BCUT2D eigenvalue weighted by atomic mass is 10.1. The van der Waals surface area contributed by atoms with E-state index in [1.165, 1.54) is 0 Å². The molecule has 0 N–H and O–H groups in total. The fourth-order valence-electron chi connectivity index (χ4n) is 1.52. The largest absolute Gasteiger partial charge is 0.451 e. The quantitative estimate of drug-likeness (QED) is 0.492. The van der Waals surface area contributed by atoms with Crippen LogP contribution in [0.15, 0.2) is 18.2 Å². The number of aromatic nitrogens is 1. The number of halogens is 5. The van der Waals surface area contributed by atoms with Gasteiger partial charge in [0.2, 0.25) is 17.4 Å². The first-order valence-electron chi connectivity index (χ1n) is 5.49. The zero-order chi connectivity index (χ0) is 15.7. The molecule has 0 aliphatic heterocycles. The molecule has 0 atom stereocenters. The number of nitrogens with zero attached hydrogens (tertiary/aromatic N) is 1. The van der Waals surface area contributed by atoms with Crippen molar-refractivity contribution in [1.82, 2.24) is 4.98 Å². The topological polar surface area (TPSA) is 39.2 Å². The fourth-order valence-corrected chi connectivity index (χ4v) is 1.52. The highest BCUT2D eigenvalue weighted by atomic mass is 19.2. The van der Waals surface area contributed by atoms with Crippen LogP contribution in [0.25, 0.3) is 0 Å². The van der Waals surface area contributed by atoms with Gasteiger partial charge in [-0.15, -0.1) is 0 Å². The van der Waals surface area contributed by atoms with Crippen LogP contribution in [0.2, 0.25) is 0 Å². The molecule has 1 heterocycles. The third-order valence-corrected chi connectivity index (χ3v) is 2.50. The van der Waals surface area contributed by atoms with Crippen LogP contribution >= 0.6 is 0 Å². The zero-order valence-corrected chi connectivity index (χ0v) is 10.4. The van der Waals surface area contributed by atoms with Crippen LogP contribution in [0.4, 0.5) is 22.0 Å². The number of hydrogen-bond acceptors (Lipinski definition) is 3. The fraction of sp³-hybridized carbons (Fsp3) is 0.0769. The predicted octanol–water partition coefficient (Wildman–Crippen LogP) is 3.77. The number of carbonyl (C=O) groups is 1. The molecular weight excluding hydrogens is 297 g/mol. The summed E-state index contributed by atoms with van der Waals surface area (Å²) in [5.41, 5.74) is -0.268. The summed E-state index contributed by atoms with van der Waals surface area (Å²) in [6, 6.07) is 2.69. The second-order valence-corrected chi connectivity index (χ2v) is 3.95. The smallest absolute Gasteiger partial charge is 0.255 e. The summed E-state index contributed by atoms with van der Waals surface area (Å²) in [5.74, 6) is -10.9. The maximum absolute atomic E-state index is 13.5. The molecule has 0 saturated heterocycles. The van der Waals surface area contributed by atoms with Crippen molar-refractivity contribution < 1.29 is 31.5 Å². The van der Waals surface area contributed by atoms with E-state index in [2.05, 4.69) is 9.72 Å². The average Bonchev–Trinajstić information content (AvgIpc) is 2.41. The Morgan fingerprint density at radius 3 is 2.10 bits per heavy atom. The van der Waals surface area contributed by atoms with E-state index in [0.29, 0.717) is 6.07 Å². The van der Waals surface area contributed by atoms with E-state index >= 15 is 0 Å². The van der Waals surface area contributed by atoms with Crippen LogP contribution < -0.4 is 4.74 Å². The maximum Gasteiger partial charge on any atom is 0.255 e. The highest BCUT2D eigenvalue weighted by Gasteiger charge is 2.23. The Kier molecular flexibility index (Phi) is 3.88. The van der Waals surface area contributed by atoms with Gasteiger partial charge in [-0.2, -0.15) is 22.5 Å². The lowest BCUT2D eigenvalue weighted by molar-refractivity contribution is 0.101. The van der Waals surface area contributed by atoms with E-state index < -0.39 is 46.6 Å². The summed E-state index contributed by atoms with van der Waals surface area (Å²) in [6.45, 7) is 1.12. The van der Waals surface area contributed by atoms with Gasteiger partial charge in [-0.3, -0.25) is 4.79 Å². The predicted molar refractivity (Wildman–Crippen MR) is 60.5 cm³/mol. The number of pyridine rings is 1. The second-order valence-electron chi connectivity index (χ2n) is 3.95. The summed E-state index contributed by atoms with van der Waals surface area (Å²) in [4.78, 5) is 13.4. The zero-order valence-electron chi connectivity index (χ0n) is 10.4. The summed E-state index contributed by atoms with van der Waals surface area (Å²) in [6.07, 6.45) is 0. The van der Waals surface area contributed by atoms with E-state index in [4.69, 9.17) is 0 Å². The highest BCUT2D eigenvalue weighted by molar-refractivity contribution is 5.94. The molecular formula is C13H6F5NO2. The summed E-state index contributed by atoms with van der Waals surface area (Å²) >= 11 is 0. The number of Topliss-reactive ketones (excluding diaryl/α,β-unsaturated/α-hetero) is 1. The summed E-state index contributed by atoms with van der Waals surface area (Å²) < 4.78 is 70.5. The Hall–Kier alpha value is -2.51. The lowest BCUT2D eigenvalue weighted by Gasteiger charge is -2.09. The number of ketones is 1. The van der Waals surface area contributed by atoms with Crippen LogP contribution in [-0.2, 0) is 0 Å². The van der Waals surface area contributed by atoms with E-state index in [1.54, 1.807) is 0 Å². The number of rotatable bonds is 3. The van der Waals surface area contributed by atoms with Gasteiger partial charge >= 0.3 is 0 Å². The van der Waals surface area contributed by atoms with Crippen molar-refractivity contribution >= 4 is 5.78 Å². The first kappa shape index (κ1) is 14.9. The Bertz CT molecular complexity index is 707. The summed E-state index contributed by atoms with van der Waals surface area (Å²) in [7, 11) is 0. The van der Waals surface area contributed by atoms with Crippen molar-refractivity contribution in [2.45, 2.75) is 6.92 Å². The minimum absolute atomic E-state index is 0.268. The van der Waals surface area contributed by atoms with E-state index in [9.17, 15) is 26.7 Å². The molecule has 0 unspecified atom stereocenters. The van der Waals surface area contributed by atoms with Crippen LogP contribution in [0.1, 0.15) is 17.3 Å². The first-order chi connectivity index (χ1) is 9.81. The second kappa shape index (κ2) is 5.47. The Morgan fingerprint density at radius 2 is 1.62 bits per heavy atom. The number of benzene rings is 1. The average molecular weight is 303 g/mol. The molecule has 2 aromatic rings. The third-order valence-electron chi connectivity index (χ3n) is 2.50. The molecule has 2 rings (SSSR count). The van der Waals surface area contributed by atoms with Gasteiger partial charge in [-0.1, -0.05) is 0 Å². The Balaban J connectivity index is 2.44. The van der Waals surface area contributed by atoms with Gasteiger partial charge in [0.25, 0.3) is 11.9 Å². The van der Waals surface area contributed by atoms with Gasteiger partial charge in [-0.25, -0.2) is 4.39 Å². The normalized spacial score (nSPS) is 10.6. The van der Waals surface area contributed by atoms with Crippen molar-refractivity contribution in [2.24, 2.45) is 0 Å². The lowest BCUT2D eigenvalue weighted by Crippen LogP contribution is -2.04. The number of hydrogen-bond donors (Lipinski definition) is 0. The molecule has 3 nitrogen and oxygen atoms in total. The van der Waals surface area contributed by atoms with Crippen LogP contribution in [0, 0.1) is 29.3 Å². The Labute approximate surface area is 115 Å². The van der Waals surface area contributed by atoms with E-state index in [-0.39, 0.29) is 5.56 Å². The Morgan fingerprint density at radius 1 is 1.05 bits per heavy atom. The van der Waals surface area contributed by atoms with Crippen LogP contribution in [-0.4, -0.2) is 10.8 Å². The van der Waals surface area contributed by atoms with E-state index in [0.717, 1.165) is 19.1 Å². The standard InChI is InChI=1S/C13H6F5NO2/c1-5(20)7-3-2-6(4-8(7)14)21-11-9(15)12(17)19-13(18)10(11)16/h2-4H,1H3. The van der Waals surface area contributed by atoms with Crippen LogP contribution in [0.3, 0.4) is 0 Å². The van der Waals surface area contributed by atoms with E-state index in [1.807, 2.05) is 0 Å². The molecule has 0 spiro atoms. The molecule has 8 heteroatoms. The van der Waals surface area contributed by atoms with Gasteiger partial charge in [0.15, 0.2) is 5.78 Å². The molecule has 110 valence electrons. The van der Waals surface area contributed by atoms with Gasteiger partial charge in [0.1, 0.15) is 11.6 Å². The van der Waals surface area contributed by atoms with Crippen molar-refractivity contribution in [3.05, 3.63) is 53.1 Å². The number of ether oxygens (including phenoxy) is 1. The van der Waals surface area contributed by atoms with Crippen molar-refractivity contribution in [1.29, 1.82) is 0 Å². The van der Waals surface area contributed by atoms with Gasteiger partial charge < -0.3 is 4.74 Å². The monoisotopic (exact) mass is 303 g/mol. The molecule has 0 aliphatic rings. The van der Waals surface area contributed by atoms with Crippen molar-refractivity contribution in [3.8, 4) is 11.5 Å². The van der Waals surface area contributed by atoms with Gasteiger partial charge in [0, 0.05) is 6.07 Å². The van der Waals surface area contributed by atoms with Gasteiger partial charge in [-0.05, 0) is 19.1 Å². The minimum Gasteiger partial charge on any atom is -0.451 e. The maximum atomic E-state index is 13.5. The molecule has 0 aliphatic carbocycles.